The van der Waals surface area contributed by atoms with E-state index in [9.17, 15) is 9.59 Å². The Bertz CT molecular complexity index is 384. The van der Waals surface area contributed by atoms with Gasteiger partial charge in [-0.25, -0.2) is 9.59 Å². The molecule has 3 rings (SSSR count). The maximum Gasteiger partial charge on any atom is 0.326 e. The summed E-state index contributed by atoms with van der Waals surface area (Å²) in [5.41, 5.74) is 0. The summed E-state index contributed by atoms with van der Waals surface area (Å²) in [4.78, 5) is 22.7. The van der Waals surface area contributed by atoms with Gasteiger partial charge in [0.15, 0.2) is 0 Å². The number of carbonyl (C=O) groups excluding carboxylic acids is 1. The molecule has 0 saturated heterocycles. The normalized spacial score (nSPS) is 39.5. The lowest BCUT2D eigenvalue weighted by molar-refractivity contribution is -0.139. The molecule has 3 aliphatic rings. The van der Waals surface area contributed by atoms with E-state index in [1.807, 2.05) is 0 Å². The van der Waals surface area contributed by atoms with Gasteiger partial charge in [0, 0.05) is 19.1 Å². The second kappa shape index (κ2) is 4.67. The molecule has 6 heteroatoms. The molecule has 2 amide bonds. The molecule has 6 nitrogen and oxygen atoms in total. The van der Waals surface area contributed by atoms with Crippen molar-refractivity contribution in [3.63, 3.8) is 0 Å². The van der Waals surface area contributed by atoms with E-state index < -0.39 is 18.0 Å². The van der Waals surface area contributed by atoms with Crippen molar-refractivity contribution >= 4 is 12.0 Å². The highest BCUT2D eigenvalue weighted by atomic mass is 16.4. The molecule has 0 aromatic heterocycles. The van der Waals surface area contributed by atoms with Crippen molar-refractivity contribution in [1.82, 2.24) is 10.6 Å². The quantitative estimate of drug-likeness (QED) is 0.571. The largest absolute Gasteiger partial charge is 0.480 e. The van der Waals surface area contributed by atoms with Crippen molar-refractivity contribution < 1.29 is 19.8 Å². The topological polar surface area (TPSA) is 98.7 Å². The van der Waals surface area contributed by atoms with Crippen LogP contribution >= 0.6 is 0 Å². The van der Waals surface area contributed by atoms with Gasteiger partial charge in [0.25, 0.3) is 0 Å². The molecule has 0 spiro atoms. The van der Waals surface area contributed by atoms with Gasteiger partial charge < -0.3 is 20.8 Å². The smallest absolute Gasteiger partial charge is 0.326 e. The predicted molar refractivity (Wildman–Crippen MR) is 66.4 cm³/mol. The van der Waals surface area contributed by atoms with Gasteiger partial charge in [-0.15, -0.1) is 0 Å². The van der Waals surface area contributed by atoms with Crippen LogP contribution in [0.4, 0.5) is 4.79 Å². The minimum Gasteiger partial charge on any atom is -0.480 e. The van der Waals surface area contributed by atoms with Crippen LogP contribution in [-0.4, -0.2) is 40.9 Å². The van der Waals surface area contributed by atoms with Crippen LogP contribution in [0.1, 0.15) is 25.7 Å². The van der Waals surface area contributed by atoms with Crippen LogP contribution in [0.3, 0.4) is 0 Å². The minimum absolute atomic E-state index is 0.0333. The van der Waals surface area contributed by atoms with Crippen LogP contribution in [-0.2, 0) is 4.79 Å². The molecule has 0 radical (unpaired) electrons. The van der Waals surface area contributed by atoms with E-state index in [1.54, 1.807) is 0 Å². The number of hydrogen-bond acceptors (Lipinski definition) is 3. The van der Waals surface area contributed by atoms with E-state index in [0.717, 1.165) is 11.8 Å². The number of aliphatic hydroxyl groups excluding tert-OH is 1. The molecule has 4 unspecified atom stereocenters. The zero-order valence-electron chi connectivity index (χ0n) is 10.7. The van der Waals surface area contributed by atoms with Gasteiger partial charge in [-0.1, -0.05) is 0 Å². The average molecular weight is 268 g/mol. The highest BCUT2D eigenvalue weighted by Crippen LogP contribution is 2.65. The first-order valence-electron chi connectivity index (χ1n) is 7.02. The fourth-order valence-electron chi connectivity index (χ4n) is 4.26. The number of carboxylic acid groups (broad SMARTS) is 1. The molecular formula is C13H20N2O4. The molecule has 4 N–H and O–H groups in total. The Morgan fingerprint density at radius 3 is 2.37 bits per heavy atom. The molecule has 3 fully saturated rings. The van der Waals surface area contributed by atoms with E-state index in [-0.39, 0.29) is 19.1 Å². The average Bonchev–Trinajstić information content (AvgIpc) is 2.76. The Hall–Kier alpha value is -1.30. The molecule has 19 heavy (non-hydrogen) atoms. The molecule has 3 saturated carbocycles. The van der Waals surface area contributed by atoms with Crippen LogP contribution in [0.15, 0.2) is 0 Å². The Labute approximate surface area is 111 Å². The van der Waals surface area contributed by atoms with Crippen LogP contribution < -0.4 is 10.6 Å². The first-order valence-corrected chi connectivity index (χ1v) is 7.02. The third-order valence-electron chi connectivity index (χ3n) is 5.05. The molecule has 5 atom stereocenters. The molecule has 0 aromatic carbocycles. The van der Waals surface area contributed by atoms with Gasteiger partial charge >= 0.3 is 12.0 Å². The number of nitrogens with one attached hydrogen (secondary N) is 2. The monoisotopic (exact) mass is 268 g/mol. The molecule has 0 heterocycles. The fourth-order valence-corrected chi connectivity index (χ4v) is 4.26. The fraction of sp³-hybridized carbons (Fsp3) is 0.846. The van der Waals surface area contributed by atoms with Gasteiger partial charge in [0.1, 0.15) is 6.04 Å². The van der Waals surface area contributed by atoms with Crippen molar-refractivity contribution in [3.05, 3.63) is 0 Å². The Balaban J connectivity index is 1.49. The summed E-state index contributed by atoms with van der Waals surface area (Å²) in [5.74, 6) is 1.69. The summed E-state index contributed by atoms with van der Waals surface area (Å²) in [7, 11) is 0. The number of aliphatic carboxylic acids is 1. The molecular weight excluding hydrogens is 248 g/mol. The first-order chi connectivity index (χ1) is 9.11. The van der Waals surface area contributed by atoms with Gasteiger partial charge in [-0.05, 0) is 42.9 Å². The standard InChI is InChI=1S/C13H20N2O4/c16-4-3-8(12(17)18)14-13(19)15-11-9-6-1-2-7(5-6)10(9)11/h6-11,16H,1-5H2,(H,17,18)(H2,14,15,19)/t6?,7?,8-,9?,10?,11?/m0/s1. The second-order valence-corrected chi connectivity index (χ2v) is 6.03. The molecule has 0 aromatic rings. The molecule has 3 aliphatic carbocycles. The number of hydrogen-bond donors (Lipinski definition) is 4. The number of amides is 2. The highest BCUT2D eigenvalue weighted by Gasteiger charge is 2.65. The van der Waals surface area contributed by atoms with Crippen molar-refractivity contribution in [3.8, 4) is 0 Å². The lowest BCUT2D eigenvalue weighted by Crippen LogP contribution is -2.47. The van der Waals surface area contributed by atoms with Crippen molar-refractivity contribution in [1.29, 1.82) is 0 Å². The summed E-state index contributed by atoms with van der Waals surface area (Å²) in [6.07, 6.45) is 3.92. The molecule has 2 bridgehead atoms. The maximum absolute atomic E-state index is 11.8. The first kappa shape index (κ1) is 12.7. The van der Waals surface area contributed by atoms with E-state index in [2.05, 4.69) is 10.6 Å². The van der Waals surface area contributed by atoms with Crippen LogP contribution in [0.5, 0.6) is 0 Å². The summed E-state index contributed by atoms with van der Waals surface area (Å²) in [6.45, 7) is -0.254. The maximum atomic E-state index is 11.8. The SMILES string of the molecule is O=C(NC1C2C3CCC(C3)C12)N[C@@H](CCO)C(=O)O. The van der Waals surface area contributed by atoms with Crippen molar-refractivity contribution in [2.75, 3.05) is 6.61 Å². The summed E-state index contributed by atoms with van der Waals surface area (Å²) in [6, 6.07) is -1.19. The van der Waals surface area contributed by atoms with Gasteiger partial charge in [-0.2, -0.15) is 0 Å². The van der Waals surface area contributed by atoms with Crippen LogP contribution in [0.2, 0.25) is 0 Å². The highest BCUT2D eigenvalue weighted by molar-refractivity contribution is 5.82. The van der Waals surface area contributed by atoms with Gasteiger partial charge in [0.05, 0.1) is 0 Å². The Kier molecular flexibility index (Phi) is 3.12. The van der Waals surface area contributed by atoms with E-state index in [0.29, 0.717) is 11.8 Å². The third kappa shape index (κ3) is 2.18. The van der Waals surface area contributed by atoms with Gasteiger partial charge in [-0.3, -0.25) is 0 Å². The van der Waals surface area contributed by atoms with E-state index in [1.165, 1.54) is 19.3 Å². The summed E-state index contributed by atoms with van der Waals surface area (Å²) in [5, 5.41) is 23.0. The summed E-state index contributed by atoms with van der Waals surface area (Å²) >= 11 is 0. The second-order valence-electron chi connectivity index (χ2n) is 6.03. The number of aliphatic hydroxyl groups is 1. The van der Waals surface area contributed by atoms with Crippen molar-refractivity contribution in [2.45, 2.75) is 37.8 Å². The minimum atomic E-state index is -1.11. The third-order valence-corrected chi connectivity index (χ3v) is 5.05. The van der Waals surface area contributed by atoms with E-state index in [4.69, 9.17) is 10.2 Å². The summed E-state index contributed by atoms with van der Waals surface area (Å²) < 4.78 is 0. The lowest BCUT2D eigenvalue weighted by Gasteiger charge is -2.15. The zero-order valence-corrected chi connectivity index (χ0v) is 10.7. The molecule has 106 valence electrons. The number of rotatable bonds is 5. The van der Waals surface area contributed by atoms with Gasteiger partial charge in [0.2, 0.25) is 0 Å². The Morgan fingerprint density at radius 1 is 1.21 bits per heavy atom. The van der Waals surface area contributed by atoms with Crippen LogP contribution in [0.25, 0.3) is 0 Å². The van der Waals surface area contributed by atoms with E-state index >= 15 is 0 Å². The van der Waals surface area contributed by atoms with Crippen LogP contribution in [0, 0.1) is 23.7 Å². The molecule has 0 aliphatic heterocycles. The number of urea groups is 1. The predicted octanol–water partition coefficient (Wildman–Crippen LogP) is 0.166. The van der Waals surface area contributed by atoms with Crippen molar-refractivity contribution in [2.24, 2.45) is 23.7 Å². The number of carboxylic acids is 1. The zero-order chi connectivity index (χ0) is 13.6. The Morgan fingerprint density at radius 2 is 1.84 bits per heavy atom. The number of fused-ring (bicyclic) bond motifs is 5. The lowest BCUT2D eigenvalue weighted by atomic mass is 10.0. The number of carbonyl (C=O) groups is 2.